The second-order valence-electron chi connectivity index (χ2n) is 10.6. The van der Waals surface area contributed by atoms with E-state index < -0.39 is 0 Å². The molecule has 14 nitrogen and oxygen atoms in total. The Bertz CT molecular complexity index is 1760. The first-order valence-corrected chi connectivity index (χ1v) is 14.4. The first-order chi connectivity index (χ1) is 20.4. The number of H-pyrrole nitrogens is 4. The van der Waals surface area contributed by atoms with Crippen LogP contribution in [-0.4, -0.2) is 78.1 Å². The summed E-state index contributed by atoms with van der Waals surface area (Å²) in [5.41, 5.74) is 9.01. The number of nitrogens with zero attached hydrogens (tertiary/aromatic N) is 6. The van der Waals surface area contributed by atoms with Crippen molar-refractivity contribution in [2.75, 3.05) is 36.0 Å². The molecule has 2 saturated heterocycles. The second-order valence-corrected chi connectivity index (χ2v) is 11.0. The van der Waals surface area contributed by atoms with Gasteiger partial charge in [-0.05, 0) is 43.4 Å². The third kappa shape index (κ3) is 6.30. The largest absolute Gasteiger partial charge is 0.355 e. The van der Waals surface area contributed by atoms with E-state index in [4.69, 9.17) is 17.3 Å². The minimum atomic E-state index is -0.255. The highest BCUT2D eigenvalue weighted by atomic mass is 35.5. The van der Waals surface area contributed by atoms with Crippen LogP contribution in [0.1, 0.15) is 31.2 Å². The van der Waals surface area contributed by atoms with Gasteiger partial charge in [0.15, 0.2) is 22.9 Å². The minimum Gasteiger partial charge on any atom is -0.355 e. The Morgan fingerprint density at radius 3 is 1.90 bits per heavy atom. The fraction of sp³-hybridized carbons (Fsp3) is 0.407. The van der Waals surface area contributed by atoms with Gasteiger partial charge < -0.3 is 30.8 Å². The molecule has 2 aliphatic rings. The van der Waals surface area contributed by atoms with Gasteiger partial charge in [-0.3, -0.25) is 9.97 Å². The highest BCUT2D eigenvalue weighted by Gasteiger charge is 2.23. The lowest BCUT2D eigenvalue weighted by molar-refractivity contribution is 0.413. The summed E-state index contributed by atoms with van der Waals surface area (Å²) < 4.78 is 0. The molecule has 0 aliphatic carbocycles. The number of aromatic nitrogens is 8. The number of piperidine rings is 2. The SMILES string of the molecule is NC1CCN(c2ncnc3[nH]c(=O)[nH]c23)CC1.O=c1[nH]c2ncnc(N3CCC(NCc4cccc(Cl)c4)CC3)c2[nH]1. The molecule has 0 radical (unpaired) electrons. The fourth-order valence-electron chi connectivity index (χ4n) is 5.47. The van der Waals surface area contributed by atoms with Crippen molar-refractivity contribution < 1.29 is 0 Å². The van der Waals surface area contributed by atoms with E-state index in [1.807, 2.05) is 18.2 Å². The van der Waals surface area contributed by atoms with Gasteiger partial charge in [0, 0.05) is 49.8 Å². The number of hydrogen-bond acceptors (Lipinski definition) is 10. The Balaban J connectivity index is 0.000000162. The van der Waals surface area contributed by atoms with Crippen molar-refractivity contribution in [1.29, 1.82) is 0 Å². The molecule has 7 rings (SSSR count). The predicted octanol–water partition coefficient (Wildman–Crippen LogP) is 1.63. The van der Waals surface area contributed by atoms with Gasteiger partial charge in [-0.2, -0.15) is 0 Å². The monoisotopic (exact) mass is 592 g/mol. The summed E-state index contributed by atoms with van der Waals surface area (Å²) in [6, 6.07) is 8.65. The van der Waals surface area contributed by atoms with Crippen LogP contribution < -0.4 is 32.2 Å². The Morgan fingerprint density at radius 2 is 1.36 bits per heavy atom. The lowest BCUT2D eigenvalue weighted by Crippen LogP contribution is -2.42. The number of imidazole rings is 2. The van der Waals surface area contributed by atoms with E-state index in [1.165, 1.54) is 18.2 Å². The van der Waals surface area contributed by atoms with Gasteiger partial charge in [0.1, 0.15) is 23.7 Å². The third-order valence-corrected chi connectivity index (χ3v) is 7.95. The fourth-order valence-corrected chi connectivity index (χ4v) is 5.69. The van der Waals surface area contributed by atoms with Gasteiger partial charge in [0.2, 0.25) is 0 Å². The number of benzene rings is 1. The second kappa shape index (κ2) is 12.3. The van der Waals surface area contributed by atoms with Crippen molar-refractivity contribution in [3.63, 3.8) is 0 Å². The standard InChI is InChI=1S/C17H19ClN6O.C10H14N6O/c18-12-3-1-2-11(8-12)9-19-13-4-6-24(7-5-13)16-14-15(20-10-21-16)23-17(25)22-14;11-6-1-3-16(4-2-6)9-7-8(12-5-13-9)15-10(17)14-7/h1-3,8,10,13,19H,4-7,9H2,(H2,20,21,22,23,25);5-6H,1-4,11H2,(H2,12,13,14,15,17). The van der Waals surface area contributed by atoms with Gasteiger partial charge in [0.25, 0.3) is 0 Å². The van der Waals surface area contributed by atoms with Crippen LogP contribution in [-0.2, 0) is 6.54 Å². The van der Waals surface area contributed by atoms with E-state index in [9.17, 15) is 9.59 Å². The highest BCUT2D eigenvalue weighted by molar-refractivity contribution is 6.30. The third-order valence-electron chi connectivity index (χ3n) is 7.71. The van der Waals surface area contributed by atoms with Gasteiger partial charge in [-0.25, -0.2) is 29.5 Å². The van der Waals surface area contributed by atoms with Crippen molar-refractivity contribution in [3.8, 4) is 0 Å². The molecule has 1 aromatic carbocycles. The smallest absolute Gasteiger partial charge is 0.325 e. The Morgan fingerprint density at radius 1 is 0.810 bits per heavy atom. The number of nitrogens with one attached hydrogen (secondary N) is 5. The topological polar surface area (TPSA) is 193 Å². The van der Waals surface area contributed by atoms with Crippen LogP contribution in [0.25, 0.3) is 22.3 Å². The maximum absolute atomic E-state index is 11.5. The molecule has 0 saturated carbocycles. The van der Waals surface area contributed by atoms with Crippen LogP contribution in [0, 0.1) is 0 Å². The molecule has 0 atom stereocenters. The van der Waals surface area contributed by atoms with E-state index in [-0.39, 0.29) is 17.4 Å². The molecule has 0 amide bonds. The van der Waals surface area contributed by atoms with Crippen molar-refractivity contribution in [2.45, 2.75) is 44.3 Å². The van der Waals surface area contributed by atoms with Crippen LogP contribution >= 0.6 is 11.6 Å². The lowest BCUT2D eigenvalue weighted by Gasteiger charge is -2.33. The van der Waals surface area contributed by atoms with E-state index in [1.54, 1.807) is 0 Å². The normalized spacial score (nSPS) is 16.6. The number of rotatable bonds is 5. The van der Waals surface area contributed by atoms with Crippen molar-refractivity contribution >= 4 is 45.6 Å². The zero-order chi connectivity index (χ0) is 29.1. The van der Waals surface area contributed by atoms with Gasteiger partial charge in [-0.1, -0.05) is 23.7 Å². The van der Waals surface area contributed by atoms with Crippen LogP contribution in [0.2, 0.25) is 5.02 Å². The first-order valence-electron chi connectivity index (χ1n) is 14.0. The molecule has 220 valence electrons. The minimum absolute atomic E-state index is 0.254. The molecule has 15 heteroatoms. The number of aromatic amines is 4. The molecule has 0 unspecified atom stereocenters. The zero-order valence-corrected chi connectivity index (χ0v) is 23.7. The Hall–Kier alpha value is -4.27. The number of hydrogen-bond donors (Lipinski definition) is 6. The Kier molecular flexibility index (Phi) is 8.17. The summed E-state index contributed by atoms with van der Waals surface area (Å²) in [5, 5.41) is 4.36. The molecule has 2 fully saturated rings. The molecule has 0 bridgehead atoms. The molecule has 0 spiro atoms. The number of fused-ring (bicyclic) bond motifs is 2. The summed E-state index contributed by atoms with van der Waals surface area (Å²) >= 11 is 6.03. The first kappa shape index (κ1) is 27.9. The van der Waals surface area contributed by atoms with E-state index in [2.05, 4.69) is 61.1 Å². The van der Waals surface area contributed by atoms with Gasteiger partial charge in [-0.15, -0.1) is 0 Å². The quantitative estimate of drug-likeness (QED) is 0.175. The number of halogens is 1. The molecular weight excluding hydrogens is 560 g/mol. The molecule has 7 N–H and O–H groups in total. The van der Waals surface area contributed by atoms with Crippen molar-refractivity contribution in [1.82, 2.24) is 45.2 Å². The predicted molar refractivity (Wildman–Crippen MR) is 162 cm³/mol. The van der Waals surface area contributed by atoms with Crippen LogP contribution in [0.4, 0.5) is 11.6 Å². The summed E-state index contributed by atoms with van der Waals surface area (Å²) in [6.45, 7) is 4.30. The molecule has 42 heavy (non-hydrogen) atoms. The van der Waals surface area contributed by atoms with Crippen LogP contribution in [0.5, 0.6) is 0 Å². The maximum atomic E-state index is 11.5. The molecule has 5 aromatic rings. The number of anilines is 2. The summed E-state index contributed by atoms with van der Waals surface area (Å²) in [5.74, 6) is 1.57. The highest BCUT2D eigenvalue weighted by Crippen LogP contribution is 2.24. The van der Waals surface area contributed by atoms with E-state index in [0.717, 1.165) is 75.1 Å². The van der Waals surface area contributed by atoms with Crippen molar-refractivity contribution in [2.24, 2.45) is 5.73 Å². The van der Waals surface area contributed by atoms with E-state index in [0.29, 0.717) is 28.4 Å². The summed E-state index contributed by atoms with van der Waals surface area (Å²) in [4.78, 5) is 54.6. The van der Waals surface area contributed by atoms with Gasteiger partial charge in [0.05, 0.1) is 0 Å². The van der Waals surface area contributed by atoms with Crippen LogP contribution in [0.15, 0.2) is 46.5 Å². The van der Waals surface area contributed by atoms with Gasteiger partial charge >= 0.3 is 11.4 Å². The lowest BCUT2D eigenvalue weighted by atomic mass is 10.0. The summed E-state index contributed by atoms with van der Waals surface area (Å²) in [7, 11) is 0. The van der Waals surface area contributed by atoms with E-state index >= 15 is 0 Å². The molecule has 6 heterocycles. The number of nitrogens with two attached hydrogens (primary N) is 1. The van der Waals surface area contributed by atoms with Crippen LogP contribution in [0.3, 0.4) is 0 Å². The molecular formula is C27H33ClN12O2. The summed E-state index contributed by atoms with van der Waals surface area (Å²) in [6.07, 6.45) is 6.88. The average Bonchev–Trinajstić information content (AvgIpc) is 3.58. The molecule has 4 aromatic heterocycles. The zero-order valence-electron chi connectivity index (χ0n) is 22.9. The molecule has 2 aliphatic heterocycles. The average molecular weight is 593 g/mol. The maximum Gasteiger partial charge on any atom is 0.325 e. The van der Waals surface area contributed by atoms with Crippen molar-refractivity contribution in [3.05, 3.63) is 68.5 Å². The Labute approximate surface area is 245 Å².